The van der Waals surface area contributed by atoms with Crippen LogP contribution in [0, 0.1) is 11.8 Å². The largest absolute Gasteiger partial charge is 0.399 e. The lowest BCUT2D eigenvalue weighted by atomic mass is 9.75. The third-order valence-electron chi connectivity index (χ3n) is 4.75. The fourth-order valence-electron chi connectivity index (χ4n) is 3.70. The van der Waals surface area contributed by atoms with Gasteiger partial charge in [0.25, 0.3) is 5.91 Å². The molecule has 1 heterocycles. The Morgan fingerprint density at radius 2 is 1.90 bits per heavy atom. The lowest BCUT2D eigenvalue weighted by Crippen LogP contribution is -2.44. The minimum atomic E-state index is 0.127. The molecule has 0 spiro atoms. The van der Waals surface area contributed by atoms with Crippen LogP contribution in [0.2, 0.25) is 0 Å². The van der Waals surface area contributed by atoms with Crippen molar-refractivity contribution in [2.45, 2.75) is 32.1 Å². The number of nitrogens with two attached hydrogens (primary N) is 1. The molecule has 20 heavy (non-hydrogen) atoms. The second-order valence-corrected chi connectivity index (χ2v) is 7.03. The molecule has 3 rings (SSSR count). The molecule has 2 atom stereocenters. The minimum absolute atomic E-state index is 0.127. The van der Waals surface area contributed by atoms with Crippen molar-refractivity contribution in [1.82, 2.24) is 4.90 Å². The van der Waals surface area contributed by atoms with E-state index in [4.69, 9.17) is 5.73 Å². The Balaban J connectivity index is 1.74. The molecule has 4 heteroatoms. The lowest BCUT2D eigenvalue weighted by Gasteiger charge is -2.41. The van der Waals surface area contributed by atoms with Crippen molar-refractivity contribution in [3.05, 3.63) is 28.2 Å². The molecular weight excluding hydrogens is 316 g/mol. The molecule has 0 bridgehead atoms. The lowest BCUT2D eigenvalue weighted by molar-refractivity contribution is 0.0521. The minimum Gasteiger partial charge on any atom is -0.399 e. The van der Waals surface area contributed by atoms with Crippen molar-refractivity contribution >= 4 is 27.5 Å². The summed E-state index contributed by atoms with van der Waals surface area (Å²) in [5.41, 5.74) is 7.17. The quantitative estimate of drug-likeness (QED) is 0.795. The first kappa shape index (κ1) is 13.9. The summed E-state index contributed by atoms with van der Waals surface area (Å²) < 4.78 is 0.869. The van der Waals surface area contributed by atoms with Crippen molar-refractivity contribution < 1.29 is 4.79 Å². The Bertz CT molecular complexity index is 497. The highest BCUT2D eigenvalue weighted by molar-refractivity contribution is 9.10. The Hall–Kier alpha value is -1.03. The molecule has 1 aromatic carbocycles. The second kappa shape index (κ2) is 5.76. The maximum Gasteiger partial charge on any atom is 0.253 e. The van der Waals surface area contributed by atoms with E-state index in [1.807, 2.05) is 17.0 Å². The van der Waals surface area contributed by atoms with Gasteiger partial charge in [-0.3, -0.25) is 4.79 Å². The summed E-state index contributed by atoms with van der Waals surface area (Å²) in [6.07, 6.45) is 6.51. The number of hydrogen-bond acceptors (Lipinski definition) is 2. The topological polar surface area (TPSA) is 46.3 Å². The number of rotatable bonds is 1. The summed E-state index contributed by atoms with van der Waals surface area (Å²) in [5, 5.41) is 0. The fourth-order valence-corrected chi connectivity index (χ4v) is 4.21. The van der Waals surface area contributed by atoms with Crippen molar-refractivity contribution in [2.24, 2.45) is 11.8 Å². The van der Waals surface area contributed by atoms with Gasteiger partial charge in [-0.1, -0.05) is 35.2 Å². The van der Waals surface area contributed by atoms with E-state index in [2.05, 4.69) is 15.9 Å². The number of carbonyl (C=O) groups excluding carboxylic acids is 1. The van der Waals surface area contributed by atoms with Crippen molar-refractivity contribution in [1.29, 1.82) is 0 Å². The number of likely N-dealkylation sites (tertiary alicyclic amines) is 1. The van der Waals surface area contributed by atoms with E-state index in [1.165, 1.54) is 32.1 Å². The maximum atomic E-state index is 12.6. The van der Waals surface area contributed by atoms with Gasteiger partial charge in [0, 0.05) is 28.8 Å². The Kier molecular flexibility index (Phi) is 4.01. The van der Waals surface area contributed by atoms with Crippen molar-refractivity contribution in [2.75, 3.05) is 18.8 Å². The molecule has 2 aliphatic rings. The van der Waals surface area contributed by atoms with Gasteiger partial charge in [-0.05, 0) is 42.9 Å². The second-order valence-electron chi connectivity index (χ2n) is 6.12. The van der Waals surface area contributed by atoms with Gasteiger partial charge in [0.05, 0.1) is 0 Å². The number of nitrogens with zero attached hydrogens (tertiary/aromatic N) is 1. The molecule has 1 aliphatic carbocycles. The average molecular weight is 337 g/mol. The number of amides is 1. The average Bonchev–Trinajstić information content (AvgIpc) is 2.45. The van der Waals surface area contributed by atoms with E-state index in [1.54, 1.807) is 6.07 Å². The predicted molar refractivity (Wildman–Crippen MR) is 84.5 cm³/mol. The summed E-state index contributed by atoms with van der Waals surface area (Å²) in [5.74, 6) is 1.69. The van der Waals surface area contributed by atoms with Gasteiger partial charge in [-0.15, -0.1) is 0 Å². The van der Waals surface area contributed by atoms with Crippen LogP contribution in [-0.4, -0.2) is 23.9 Å². The zero-order valence-corrected chi connectivity index (χ0v) is 13.2. The van der Waals surface area contributed by atoms with Gasteiger partial charge in [0.2, 0.25) is 0 Å². The highest BCUT2D eigenvalue weighted by Crippen LogP contribution is 2.36. The molecule has 1 saturated heterocycles. The molecule has 0 radical (unpaired) electrons. The van der Waals surface area contributed by atoms with Crippen LogP contribution in [0.1, 0.15) is 42.5 Å². The molecule has 108 valence electrons. The van der Waals surface area contributed by atoms with Crippen molar-refractivity contribution in [3.8, 4) is 0 Å². The Morgan fingerprint density at radius 1 is 1.15 bits per heavy atom. The van der Waals surface area contributed by atoms with E-state index in [-0.39, 0.29) is 5.91 Å². The number of fused-ring (bicyclic) bond motifs is 1. The van der Waals surface area contributed by atoms with Crippen LogP contribution in [0.15, 0.2) is 22.7 Å². The third-order valence-corrected chi connectivity index (χ3v) is 5.20. The van der Waals surface area contributed by atoms with Gasteiger partial charge >= 0.3 is 0 Å². The highest BCUT2D eigenvalue weighted by Gasteiger charge is 2.33. The standard InChI is InChI=1S/C16H21BrN2O/c17-14-7-13(8-15(18)9-14)16(20)19-6-5-11-3-1-2-4-12(11)10-19/h7-9,11-12H,1-6,10,18H2. The number of hydrogen-bond donors (Lipinski definition) is 1. The molecule has 1 amide bonds. The molecule has 1 saturated carbocycles. The number of nitrogen functional groups attached to an aromatic ring is 1. The maximum absolute atomic E-state index is 12.6. The Labute approximate surface area is 128 Å². The summed E-state index contributed by atoms with van der Waals surface area (Å²) in [4.78, 5) is 14.6. The van der Waals surface area contributed by atoms with Gasteiger partial charge in [-0.25, -0.2) is 0 Å². The van der Waals surface area contributed by atoms with Gasteiger partial charge in [0.15, 0.2) is 0 Å². The SMILES string of the molecule is Nc1cc(Br)cc(C(=O)N2CCC3CCCCC3C2)c1. The summed E-state index contributed by atoms with van der Waals surface area (Å²) >= 11 is 3.41. The van der Waals surface area contributed by atoms with Crippen molar-refractivity contribution in [3.63, 3.8) is 0 Å². The molecule has 2 unspecified atom stereocenters. The predicted octanol–water partition coefficient (Wildman–Crippen LogP) is 3.68. The highest BCUT2D eigenvalue weighted by atomic mass is 79.9. The van der Waals surface area contributed by atoms with E-state index in [9.17, 15) is 4.79 Å². The number of carbonyl (C=O) groups is 1. The molecule has 0 aromatic heterocycles. The smallest absolute Gasteiger partial charge is 0.253 e. The van der Waals surface area contributed by atoms with Crippen LogP contribution in [-0.2, 0) is 0 Å². The van der Waals surface area contributed by atoms with Crippen LogP contribution in [0.3, 0.4) is 0 Å². The third kappa shape index (κ3) is 2.85. The number of piperidine rings is 1. The van der Waals surface area contributed by atoms with Crippen LogP contribution in [0.25, 0.3) is 0 Å². The molecule has 1 aromatic rings. The zero-order chi connectivity index (χ0) is 14.1. The molecule has 2 N–H and O–H groups in total. The normalized spacial score (nSPS) is 26.1. The van der Waals surface area contributed by atoms with Crippen LogP contribution in [0.5, 0.6) is 0 Å². The number of benzene rings is 1. The monoisotopic (exact) mass is 336 g/mol. The van der Waals surface area contributed by atoms with Crippen LogP contribution in [0.4, 0.5) is 5.69 Å². The van der Waals surface area contributed by atoms with Crippen LogP contribution >= 0.6 is 15.9 Å². The summed E-state index contributed by atoms with van der Waals surface area (Å²) in [6.45, 7) is 1.82. The van der Waals surface area contributed by atoms with Gasteiger partial charge < -0.3 is 10.6 Å². The van der Waals surface area contributed by atoms with E-state index in [0.717, 1.165) is 23.5 Å². The first-order valence-corrected chi connectivity index (χ1v) is 8.28. The van der Waals surface area contributed by atoms with Crippen LogP contribution < -0.4 is 5.73 Å². The zero-order valence-electron chi connectivity index (χ0n) is 11.6. The molecular formula is C16H21BrN2O. The van der Waals surface area contributed by atoms with Gasteiger partial charge in [0.1, 0.15) is 0 Å². The van der Waals surface area contributed by atoms with Gasteiger partial charge in [-0.2, -0.15) is 0 Å². The molecule has 1 aliphatic heterocycles. The number of anilines is 1. The number of halogens is 1. The fraction of sp³-hybridized carbons (Fsp3) is 0.562. The Morgan fingerprint density at radius 3 is 2.65 bits per heavy atom. The van der Waals surface area contributed by atoms with E-state index < -0.39 is 0 Å². The van der Waals surface area contributed by atoms with E-state index >= 15 is 0 Å². The molecule has 3 nitrogen and oxygen atoms in total. The summed E-state index contributed by atoms with van der Waals surface area (Å²) in [7, 11) is 0. The first-order valence-electron chi connectivity index (χ1n) is 7.49. The summed E-state index contributed by atoms with van der Waals surface area (Å²) in [6, 6.07) is 5.47. The first-order chi connectivity index (χ1) is 9.63. The molecule has 2 fully saturated rings. The van der Waals surface area contributed by atoms with E-state index in [0.29, 0.717) is 17.2 Å².